The maximum absolute atomic E-state index is 14.4. The summed E-state index contributed by atoms with van der Waals surface area (Å²) in [6, 6.07) is -3.41. The third-order valence-electron chi connectivity index (χ3n) is 4.56. The summed E-state index contributed by atoms with van der Waals surface area (Å²) in [5, 5.41) is 6.43. The second-order valence-corrected chi connectivity index (χ2v) is 7.90. The van der Waals surface area contributed by atoms with Crippen molar-refractivity contribution in [3.05, 3.63) is 29.1 Å². The van der Waals surface area contributed by atoms with E-state index in [-0.39, 0.29) is 0 Å². The zero-order chi connectivity index (χ0) is 28.9. The Kier molecular flexibility index (Phi) is 8.31. The van der Waals surface area contributed by atoms with Crippen LogP contribution in [0, 0.1) is 5.82 Å². The molecule has 0 unspecified atom stereocenters. The zero-order valence-electron chi connectivity index (χ0n) is 18.3. The van der Waals surface area contributed by atoms with Crippen LogP contribution < -0.4 is 0 Å². The van der Waals surface area contributed by atoms with E-state index >= 15 is 0 Å². The molecular formula is C18H16F15N3. The first-order chi connectivity index (χ1) is 15.7. The van der Waals surface area contributed by atoms with Crippen molar-refractivity contribution in [1.82, 2.24) is 5.01 Å². The van der Waals surface area contributed by atoms with Crippen LogP contribution in [0.1, 0.15) is 38.8 Å². The molecule has 0 atom stereocenters. The van der Waals surface area contributed by atoms with Gasteiger partial charge in [-0.25, -0.2) is 4.39 Å². The van der Waals surface area contributed by atoms with Crippen molar-refractivity contribution >= 4 is 5.69 Å². The van der Waals surface area contributed by atoms with Crippen LogP contribution in [-0.2, 0) is 11.8 Å². The molecule has 0 aromatic heterocycles. The van der Waals surface area contributed by atoms with Crippen LogP contribution in [0.4, 0.5) is 71.5 Å². The van der Waals surface area contributed by atoms with E-state index in [4.69, 9.17) is 0 Å². The first kappa shape index (κ1) is 31.6. The van der Waals surface area contributed by atoms with Crippen molar-refractivity contribution in [3.63, 3.8) is 0 Å². The molecule has 1 rings (SSSR count). The number of nitrogens with zero attached hydrogens (tertiary/aromatic N) is 3. The minimum atomic E-state index is -7.15. The third-order valence-corrected chi connectivity index (χ3v) is 4.56. The van der Waals surface area contributed by atoms with E-state index in [1.807, 2.05) is 0 Å². The quantitative estimate of drug-likeness (QED) is 0.178. The van der Waals surface area contributed by atoms with E-state index in [1.165, 1.54) is 27.7 Å². The molecule has 18 heteroatoms. The monoisotopic (exact) mass is 559 g/mol. The fourth-order valence-electron chi connectivity index (χ4n) is 2.78. The number of hydrogen-bond acceptors (Lipinski definition) is 2. The van der Waals surface area contributed by atoms with E-state index in [1.54, 1.807) is 0 Å². The molecule has 36 heavy (non-hydrogen) atoms. The van der Waals surface area contributed by atoms with Gasteiger partial charge in [0.1, 0.15) is 11.5 Å². The molecule has 208 valence electrons. The highest BCUT2D eigenvalue weighted by atomic mass is 19.4. The maximum Gasteiger partial charge on any atom is 0.460 e. The van der Waals surface area contributed by atoms with Gasteiger partial charge in [0.15, 0.2) is 0 Å². The molecule has 3 nitrogen and oxygen atoms in total. The summed E-state index contributed by atoms with van der Waals surface area (Å²) >= 11 is 0. The van der Waals surface area contributed by atoms with Crippen molar-refractivity contribution < 1.29 is 65.9 Å². The van der Waals surface area contributed by atoms with Crippen molar-refractivity contribution in [3.8, 4) is 0 Å². The van der Waals surface area contributed by atoms with Gasteiger partial charge in [0.2, 0.25) is 0 Å². The molecule has 0 aliphatic heterocycles. The summed E-state index contributed by atoms with van der Waals surface area (Å²) in [5.41, 5.74) is -8.77. The summed E-state index contributed by atoms with van der Waals surface area (Å²) in [4.78, 5) is 0. The number of alkyl halides is 14. The van der Waals surface area contributed by atoms with Crippen LogP contribution in [0.3, 0.4) is 0 Å². The molecule has 0 radical (unpaired) electrons. The number of benzene rings is 1. The highest BCUT2D eigenvalue weighted by Gasteiger charge is 2.76. The summed E-state index contributed by atoms with van der Waals surface area (Å²) in [7, 11) is 0. The first-order valence-corrected chi connectivity index (χ1v) is 9.44. The van der Waals surface area contributed by atoms with Crippen LogP contribution in [0.2, 0.25) is 0 Å². The molecule has 1 aromatic carbocycles. The van der Waals surface area contributed by atoms with Gasteiger partial charge in [-0.05, 0) is 39.8 Å². The lowest BCUT2D eigenvalue weighted by atomic mass is 9.92. The van der Waals surface area contributed by atoms with Gasteiger partial charge in [0, 0.05) is 12.1 Å². The number of hydrogen-bond donors (Lipinski definition) is 0. The second kappa shape index (κ2) is 9.46. The summed E-state index contributed by atoms with van der Waals surface area (Å²) in [6.45, 7) is 5.18. The molecule has 0 N–H and O–H groups in total. The number of rotatable bonds is 8. The molecule has 0 aliphatic rings. The predicted octanol–water partition coefficient (Wildman–Crippen LogP) is 8.52. The van der Waals surface area contributed by atoms with Crippen LogP contribution in [0.25, 0.3) is 0 Å². The molecule has 0 saturated carbocycles. The third kappa shape index (κ3) is 5.31. The molecule has 0 fully saturated rings. The van der Waals surface area contributed by atoms with Crippen LogP contribution in [-0.4, -0.2) is 41.3 Å². The summed E-state index contributed by atoms with van der Waals surface area (Å²) < 4.78 is 202. The molecule has 0 saturated heterocycles. The van der Waals surface area contributed by atoms with Crippen LogP contribution >= 0.6 is 0 Å². The second-order valence-electron chi connectivity index (χ2n) is 7.90. The van der Waals surface area contributed by atoms with Gasteiger partial charge in [0.05, 0.1) is 11.1 Å². The van der Waals surface area contributed by atoms with Crippen molar-refractivity contribution in [1.29, 1.82) is 0 Å². The minimum Gasteiger partial charge on any atom is -0.273 e. The minimum absolute atomic E-state index is 0.719. The smallest absolute Gasteiger partial charge is 0.273 e. The van der Waals surface area contributed by atoms with Gasteiger partial charge in [-0.15, -0.1) is 5.11 Å². The predicted molar refractivity (Wildman–Crippen MR) is 92.8 cm³/mol. The average Bonchev–Trinajstić information content (AvgIpc) is 2.65. The number of halogens is 15. The Balaban J connectivity index is 4.22. The van der Waals surface area contributed by atoms with Gasteiger partial charge in [-0.1, -0.05) is 5.22 Å². The lowest BCUT2D eigenvalue weighted by molar-refractivity contribution is -0.360. The van der Waals surface area contributed by atoms with Gasteiger partial charge >= 0.3 is 36.0 Å². The van der Waals surface area contributed by atoms with E-state index in [0.29, 0.717) is 0 Å². The largest absolute Gasteiger partial charge is 0.460 e. The van der Waals surface area contributed by atoms with Gasteiger partial charge in [-0.2, -0.15) is 61.5 Å². The first-order valence-electron chi connectivity index (χ1n) is 9.44. The molecular weight excluding hydrogens is 543 g/mol. The Morgan fingerprint density at radius 1 is 0.611 bits per heavy atom. The summed E-state index contributed by atoms with van der Waals surface area (Å²) in [6.07, 6.45) is -14.2. The maximum atomic E-state index is 14.4. The SMILES string of the molecule is CC(C)N(N=Nc1c(C(F)(F)C(F)(F)C(F)(F)F)cc(F)cc1C(F)(F)C(F)(F)C(F)(F)F)C(C)C. The van der Waals surface area contributed by atoms with Gasteiger partial charge < -0.3 is 0 Å². The molecule has 0 aliphatic carbocycles. The topological polar surface area (TPSA) is 28.0 Å². The Morgan fingerprint density at radius 2 is 0.917 bits per heavy atom. The molecule has 0 amide bonds. The lowest BCUT2D eigenvalue weighted by Gasteiger charge is -2.32. The normalized spacial score (nSPS) is 14.9. The van der Waals surface area contributed by atoms with Crippen molar-refractivity contribution in [2.45, 2.75) is 75.8 Å². The van der Waals surface area contributed by atoms with Gasteiger partial charge in [0.25, 0.3) is 0 Å². The van der Waals surface area contributed by atoms with Crippen LogP contribution in [0.5, 0.6) is 0 Å². The van der Waals surface area contributed by atoms with E-state index in [9.17, 15) is 65.9 Å². The Morgan fingerprint density at radius 3 is 1.17 bits per heavy atom. The van der Waals surface area contributed by atoms with Crippen molar-refractivity contribution in [2.24, 2.45) is 10.3 Å². The fourth-order valence-corrected chi connectivity index (χ4v) is 2.78. The fraction of sp³-hybridized carbons (Fsp3) is 0.667. The Hall–Kier alpha value is -2.43. The highest BCUT2D eigenvalue weighted by molar-refractivity contribution is 5.58. The van der Waals surface area contributed by atoms with E-state index < -0.39 is 82.9 Å². The van der Waals surface area contributed by atoms with E-state index in [2.05, 4.69) is 10.3 Å². The van der Waals surface area contributed by atoms with Gasteiger partial charge in [-0.3, -0.25) is 5.01 Å². The van der Waals surface area contributed by atoms with Crippen LogP contribution in [0.15, 0.2) is 22.5 Å². The molecule has 0 bridgehead atoms. The average molecular weight is 559 g/mol. The molecule has 0 spiro atoms. The molecule has 0 heterocycles. The summed E-state index contributed by atoms with van der Waals surface area (Å²) in [5.74, 6) is -30.3. The van der Waals surface area contributed by atoms with E-state index in [0.717, 1.165) is 5.01 Å². The Bertz CT molecular complexity index is 894. The zero-order valence-corrected chi connectivity index (χ0v) is 18.3. The lowest BCUT2D eigenvalue weighted by Crippen LogP contribution is -2.51. The highest BCUT2D eigenvalue weighted by Crippen LogP contribution is 2.58. The Labute approximate surface area is 192 Å². The standard InChI is InChI=1S/C18H16F15N3/c1-7(2)36(8(3)4)35-34-12-10(13(20,21)15(24,25)17(28,29)30)5-9(19)6-11(12)14(22,23)16(26,27)18(31,32)33/h5-8H,1-4H3. The van der Waals surface area contributed by atoms with Crippen molar-refractivity contribution in [2.75, 3.05) is 0 Å². The molecule has 1 aromatic rings.